The summed E-state index contributed by atoms with van der Waals surface area (Å²) in [6, 6.07) is 5.43. The molecule has 4 N–H and O–H groups in total. The monoisotopic (exact) mass is 473 g/mol. The third kappa shape index (κ3) is 6.21. The molecule has 10 heteroatoms. The fraction of sp³-hybridized carbons (Fsp3) is 0.417. The molecule has 1 fully saturated rings. The number of halogens is 2. The van der Waals surface area contributed by atoms with Gasteiger partial charge in [0.15, 0.2) is 0 Å². The van der Waals surface area contributed by atoms with Crippen LogP contribution in [-0.2, 0) is 16.1 Å². The summed E-state index contributed by atoms with van der Waals surface area (Å²) < 4.78 is 35.2. The molecule has 1 saturated carbocycles. The molecule has 3 rings (SSSR count). The van der Waals surface area contributed by atoms with E-state index in [9.17, 15) is 14.3 Å². The van der Waals surface area contributed by atoms with Crippen LogP contribution in [0.3, 0.4) is 0 Å². The molecule has 2 unspecified atom stereocenters. The number of amides is 1. The second-order valence-electron chi connectivity index (χ2n) is 8.22. The Morgan fingerprint density at radius 1 is 1.41 bits per heavy atom. The summed E-state index contributed by atoms with van der Waals surface area (Å²) in [6.45, 7) is -0.222. The standard InChI is InChI=1S/C24H29F2N5O3/c1-34-22(13-32)21(12-31-10-9-29-14-31)30-24(33)17-3-2-4-18(26)23(17)20(28)11-19(27)15-5-7-16(25)8-6-15/h5-11,14,17-18,22-23,28,32H,2-4,12-13,27H2,1H3/b19-11-,28-20?,30-21-/t17?,18?,22-,23-/m1/s1. The number of aromatic nitrogens is 2. The fourth-order valence-electron chi connectivity index (χ4n) is 4.14. The topological polar surface area (TPSA) is 127 Å². The molecule has 1 aromatic carbocycles. The highest BCUT2D eigenvalue weighted by Crippen LogP contribution is 2.35. The first kappa shape index (κ1) is 25.4. The van der Waals surface area contributed by atoms with Crippen LogP contribution in [0.25, 0.3) is 5.70 Å². The maximum absolute atomic E-state index is 15.0. The predicted octanol–water partition coefficient (Wildman–Crippen LogP) is 2.77. The van der Waals surface area contributed by atoms with Crippen molar-refractivity contribution in [2.75, 3.05) is 13.7 Å². The second kappa shape index (κ2) is 11.8. The van der Waals surface area contributed by atoms with Crippen molar-refractivity contribution < 1.29 is 23.4 Å². The Kier molecular flexibility index (Phi) is 8.78. The molecular weight excluding hydrogens is 444 g/mol. The van der Waals surface area contributed by atoms with Gasteiger partial charge >= 0.3 is 0 Å². The summed E-state index contributed by atoms with van der Waals surface area (Å²) in [7, 11) is 1.40. The molecule has 1 amide bonds. The molecule has 1 aliphatic rings. The fourth-order valence-corrected chi connectivity index (χ4v) is 4.14. The Labute approximate surface area is 196 Å². The highest BCUT2D eigenvalue weighted by molar-refractivity contribution is 6.04. The number of aliphatic hydroxyl groups is 1. The number of aliphatic imine (C=N–C) groups is 1. The Morgan fingerprint density at radius 3 is 2.76 bits per heavy atom. The van der Waals surface area contributed by atoms with Gasteiger partial charge < -0.3 is 25.6 Å². The van der Waals surface area contributed by atoms with Crippen molar-refractivity contribution >= 4 is 23.0 Å². The van der Waals surface area contributed by atoms with E-state index in [0.717, 1.165) is 0 Å². The number of methoxy groups -OCH3 is 1. The Balaban J connectivity index is 1.87. The van der Waals surface area contributed by atoms with Crippen molar-refractivity contribution in [1.29, 1.82) is 5.41 Å². The van der Waals surface area contributed by atoms with E-state index in [-0.39, 0.29) is 36.7 Å². The maximum Gasteiger partial charge on any atom is 0.249 e. The molecular formula is C24H29F2N5O3. The summed E-state index contributed by atoms with van der Waals surface area (Å²) in [4.78, 5) is 21.4. The molecule has 1 heterocycles. The summed E-state index contributed by atoms with van der Waals surface area (Å²) in [5, 5.41) is 18.2. The van der Waals surface area contributed by atoms with Gasteiger partial charge in [-0.15, -0.1) is 0 Å². The minimum atomic E-state index is -1.41. The number of ether oxygens (including phenoxy) is 1. The van der Waals surface area contributed by atoms with Crippen LogP contribution in [0.15, 0.2) is 54.1 Å². The molecule has 0 bridgehead atoms. The lowest BCUT2D eigenvalue weighted by Crippen LogP contribution is -2.40. The number of nitrogens with two attached hydrogens (primary N) is 1. The van der Waals surface area contributed by atoms with Crippen molar-refractivity contribution in [1.82, 2.24) is 9.55 Å². The molecule has 0 spiro atoms. The van der Waals surface area contributed by atoms with Crippen LogP contribution < -0.4 is 5.73 Å². The Morgan fingerprint density at radius 2 is 2.15 bits per heavy atom. The SMILES string of the molecule is CO[C@H](CO)/C(Cn1ccnc1)=N\C(=O)C1CCCC(F)[C@@H]1C(=N)/C=C(\N)c1ccc(F)cc1. The van der Waals surface area contributed by atoms with Gasteiger partial charge in [0, 0.05) is 36.8 Å². The first-order valence-corrected chi connectivity index (χ1v) is 11.0. The number of rotatable bonds is 9. The van der Waals surface area contributed by atoms with Gasteiger partial charge in [0.25, 0.3) is 0 Å². The molecule has 8 nitrogen and oxygen atoms in total. The van der Waals surface area contributed by atoms with Gasteiger partial charge in [0.2, 0.25) is 5.91 Å². The van der Waals surface area contributed by atoms with Crippen LogP contribution in [0, 0.1) is 23.1 Å². The molecule has 1 aliphatic carbocycles. The first-order valence-electron chi connectivity index (χ1n) is 11.0. The molecule has 182 valence electrons. The predicted molar refractivity (Wildman–Crippen MR) is 125 cm³/mol. The number of nitrogens with zero attached hydrogens (tertiary/aromatic N) is 3. The van der Waals surface area contributed by atoms with Crippen LogP contribution in [0.5, 0.6) is 0 Å². The van der Waals surface area contributed by atoms with Gasteiger partial charge in [0.05, 0.1) is 31.1 Å². The zero-order valence-electron chi connectivity index (χ0n) is 18.9. The minimum absolute atomic E-state index is 0.121. The number of carbonyl (C=O) groups is 1. The zero-order valence-corrected chi connectivity index (χ0v) is 18.9. The van der Waals surface area contributed by atoms with Crippen molar-refractivity contribution in [2.24, 2.45) is 22.6 Å². The number of carbonyl (C=O) groups excluding carboxylic acids is 1. The van der Waals surface area contributed by atoms with Crippen molar-refractivity contribution in [3.8, 4) is 0 Å². The second-order valence-corrected chi connectivity index (χ2v) is 8.22. The number of nitrogens with one attached hydrogen (secondary N) is 1. The van der Waals surface area contributed by atoms with E-state index in [2.05, 4.69) is 9.98 Å². The number of allylic oxidation sites excluding steroid dienone is 1. The number of hydrogen-bond acceptors (Lipinski definition) is 6. The maximum atomic E-state index is 15.0. The van der Waals surface area contributed by atoms with E-state index in [0.29, 0.717) is 18.4 Å². The number of alkyl halides is 1. The first-order chi connectivity index (χ1) is 16.3. The van der Waals surface area contributed by atoms with Gasteiger partial charge in [-0.2, -0.15) is 0 Å². The van der Waals surface area contributed by atoms with Crippen molar-refractivity contribution in [2.45, 2.75) is 38.1 Å². The lowest BCUT2D eigenvalue weighted by Gasteiger charge is -2.32. The molecule has 1 aromatic heterocycles. The number of hydrogen-bond donors (Lipinski definition) is 3. The quantitative estimate of drug-likeness (QED) is 0.483. The van der Waals surface area contributed by atoms with Gasteiger partial charge in [-0.1, -0.05) is 12.1 Å². The molecule has 4 atom stereocenters. The number of benzene rings is 1. The molecule has 0 aliphatic heterocycles. The minimum Gasteiger partial charge on any atom is -0.398 e. The smallest absolute Gasteiger partial charge is 0.249 e. The third-order valence-electron chi connectivity index (χ3n) is 5.96. The van der Waals surface area contributed by atoms with Crippen LogP contribution in [0.4, 0.5) is 8.78 Å². The van der Waals surface area contributed by atoms with E-state index < -0.39 is 35.8 Å². The van der Waals surface area contributed by atoms with Gasteiger partial charge in [-0.25, -0.2) is 18.8 Å². The lowest BCUT2D eigenvalue weighted by molar-refractivity contribution is -0.124. The van der Waals surface area contributed by atoms with E-state index in [1.165, 1.54) is 37.5 Å². The Bertz CT molecular complexity index is 1030. The molecule has 34 heavy (non-hydrogen) atoms. The van der Waals surface area contributed by atoms with E-state index in [1.807, 2.05) is 0 Å². The number of imidazole rings is 1. The highest BCUT2D eigenvalue weighted by atomic mass is 19.1. The average Bonchev–Trinajstić information content (AvgIpc) is 3.33. The summed E-state index contributed by atoms with van der Waals surface area (Å²) in [5.41, 5.74) is 6.89. The van der Waals surface area contributed by atoms with Crippen LogP contribution in [0.2, 0.25) is 0 Å². The van der Waals surface area contributed by atoms with Crippen LogP contribution in [-0.4, -0.2) is 58.0 Å². The third-order valence-corrected chi connectivity index (χ3v) is 5.96. The van der Waals surface area contributed by atoms with E-state index in [4.69, 9.17) is 15.9 Å². The van der Waals surface area contributed by atoms with Crippen LogP contribution in [0.1, 0.15) is 24.8 Å². The van der Waals surface area contributed by atoms with Gasteiger partial charge in [0.1, 0.15) is 18.1 Å². The van der Waals surface area contributed by atoms with E-state index in [1.54, 1.807) is 23.3 Å². The van der Waals surface area contributed by atoms with E-state index >= 15 is 4.39 Å². The number of aliphatic hydroxyl groups excluding tert-OH is 1. The highest BCUT2D eigenvalue weighted by Gasteiger charge is 2.40. The summed E-state index contributed by atoms with van der Waals surface area (Å²) >= 11 is 0. The van der Waals surface area contributed by atoms with Gasteiger partial charge in [-0.3, -0.25) is 4.79 Å². The van der Waals surface area contributed by atoms with Crippen LogP contribution >= 0.6 is 0 Å². The summed E-state index contributed by atoms with van der Waals surface area (Å²) in [5.74, 6) is -2.87. The molecule has 0 radical (unpaired) electrons. The molecule has 2 aromatic rings. The zero-order chi connectivity index (χ0) is 24.7. The van der Waals surface area contributed by atoms with Crippen molar-refractivity contribution in [3.05, 3.63) is 60.4 Å². The average molecular weight is 474 g/mol. The molecule has 0 saturated heterocycles. The lowest BCUT2D eigenvalue weighted by atomic mass is 9.74. The normalized spacial score (nSPS) is 22.4. The van der Waals surface area contributed by atoms with Gasteiger partial charge in [-0.05, 0) is 43.0 Å². The Hall–Kier alpha value is -3.24. The van der Waals surface area contributed by atoms with Crippen molar-refractivity contribution in [3.63, 3.8) is 0 Å². The largest absolute Gasteiger partial charge is 0.398 e. The summed E-state index contributed by atoms with van der Waals surface area (Å²) in [6.07, 6.45) is 4.98.